The Morgan fingerprint density at radius 1 is 1.04 bits per heavy atom. The molecule has 0 saturated carbocycles. The first-order valence-corrected chi connectivity index (χ1v) is 9.02. The topological polar surface area (TPSA) is 62.6 Å². The molecule has 3 rings (SSSR count). The number of hydrogen-bond acceptors (Lipinski definition) is 3. The average molecular weight is 380 g/mol. The van der Waals surface area contributed by atoms with Gasteiger partial charge in [0.15, 0.2) is 5.76 Å². The number of halogens is 1. The fourth-order valence-corrected chi connectivity index (χ4v) is 2.87. The summed E-state index contributed by atoms with van der Waals surface area (Å²) in [4.78, 5) is 26.2. The van der Waals surface area contributed by atoms with Crippen LogP contribution in [0.3, 0.4) is 0 Å². The summed E-state index contributed by atoms with van der Waals surface area (Å²) in [6.45, 7) is 2.63. The molecule has 2 amide bonds. The number of likely N-dealkylation sites (N-methyl/N-ethyl adjacent to an activating group) is 1. The molecule has 0 aliphatic rings. The van der Waals surface area contributed by atoms with Crippen molar-refractivity contribution in [3.05, 3.63) is 89.6 Å². The van der Waals surface area contributed by atoms with Gasteiger partial charge in [-0.2, -0.15) is 0 Å². The molecule has 0 spiro atoms. The van der Waals surface area contributed by atoms with E-state index in [4.69, 9.17) is 4.42 Å². The lowest BCUT2D eigenvalue weighted by molar-refractivity contribution is -0.120. The molecule has 0 unspecified atom stereocenters. The fourth-order valence-electron chi connectivity index (χ4n) is 2.87. The van der Waals surface area contributed by atoms with Crippen molar-refractivity contribution in [2.24, 2.45) is 0 Å². The molecule has 2 aromatic carbocycles. The Hall–Kier alpha value is -3.41. The Bertz CT molecular complexity index is 937. The van der Waals surface area contributed by atoms with E-state index < -0.39 is 0 Å². The molecule has 0 aliphatic carbocycles. The summed E-state index contributed by atoms with van der Waals surface area (Å²) in [5, 5.41) is 2.75. The Labute approximate surface area is 162 Å². The largest absolute Gasteiger partial charge is 0.459 e. The monoisotopic (exact) mass is 380 g/mol. The predicted molar refractivity (Wildman–Crippen MR) is 104 cm³/mol. The number of nitrogens with one attached hydrogen (secondary N) is 1. The molecule has 3 aromatic rings. The van der Waals surface area contributed by atoms with Gasteiger partial charge in [-0.1, -0.05) is 24.3 Å². The van der Waals surface area contributed by atoms with Crippen molar-refractivity contribution in [3.8, 4) is 0 Å². The van der Waals surface area contributed by atoms with E-state index in [0.717, 1.165) is 5.56 Å². The number of anilines is 1. The molecule has 1 aromatic heterocycles. The van der Waals surface area contributed by atoms with Crippen molar-refractivity contribution < 1.29 is 18.4 Å². The summed E-state index contributed by atoms with van der Waals surface area (Å²) in [6.07, 6.45) is 1.70. The third kappa shape index (κ3) is 4.85. The molecular weight excluding hydrogens is 359 g/mol. The van der Waals surface area contributed by atoms with Gasteiger partial charge in [0.05, 0.1) is 19.2 Å². The zero-order valence-electron chi connectivity index (χ0n) is 15.5. The minimum Gasteiger partial charge on any atom is -0.459 e. The van der Waals surface area contributed by atoms with Crippen LogP contribution in [0.2, 0.25) is 0 Å². The van der Waals surface area contributed by atoms with Crippen LogP contribution in [0.1, 0.15) is 28.6 Å². The molecular formula is C22H21FN2O3. The number of benzene rings is 2. The van der Waals surface area contributed by atoms with E-state index in [-0.39, 0.29) is 36.4 Å². The number of hydrogen-bond donors (Lipinski definition) is 1. The minimum atomic E-state index is -0.361. The first-order valence-electron chi connectivity index (χ1n) is 9.02. The van der Waals surface area contributed by atoms with E-state index >= 15 is 0 Å². The van der Waals surface area contributed by atoms with E-state index in [2.05, 4.69) is 5.32 Å². The van der Waals surface area contributed by atoms with Crippen molar-refractivity contribution >= 4 is 17.5 Å². The molecule has 1 heterocycles. The zero-order chi connectivity index (χ0) is 19.9. The van der Waals surface area contributed by atoms with Gasteiger partial charge in [-0.3, -0.25) is 9.59 Å². The van der Waals surface area contributed by atoms with Gasteiger partial charge in [-0.05, 0) is 54.4 Å². The highest BCUT2D eigenvalue weighted by molar-refractivity contribution is 6.04. The Morgan fingerprint density at radius 3 is 2.46 bits per heavy atom. The number of amides is 2. The van der Waals surface area contributed by atoms with Gasteiger partial charge in [-0.25, -0.2) is 4.39 Å². The number of carbonyl (C=O) groups excluding carboxylic acids is 2. The second-order valence-corrected chi connectivity index (χ2v) is 6.30. The van der Waals surface area contributed by atoms with Crippen LogP contribution in [0.25, 0.3) is 0 Å². The van der Waals surface area contributed by atoms with Crippen LogP contribution in [0.4, 0.5) is 10.1 Å². The highest BCUT2D eigenvalue weighted by Crippen LogP contribution is 2.22. The van der Waals surface area contributed by atoms with Gasteiger partial charge in [-0.15, -0.1) is 0 Å². The lowest BCUT2D eigenvalue weighted by Gasteiger charge is -2.22. The molecule has 28 heavy (non-hydrogen) atoms. The van der Waals surface area contributed by atoms with Crippen LogP contribution in [-0.4, -0.2) is 18.4 Å². The van der Waals surface area contributed by atoms with Crippen LogP contribution in [0.5, 0.6) is 0 Å². The molecule has 1 N–H and O–H groups in total. The van der Waals surface area contributed by atoms with E-state index in [1.54, 1.807) is 48.5 Å². The van der Waals surface area contributed by atoms with Crippen molar-refractivity contribution in [2.45, 2.75) is 19.9 Å². The lowest BCUT2D eigenvalue weighted by atomic mass is 10.1. The van der Waals surface area contributed by atoms with E-state index in [0.29, 0.717) is 17.8 Å². The first kappa shape index (κ1) is 19.4. The molecule has 0 bridgehead atoms. The summed E-state index contributed by atoms with van der Waals surface area (Å²) in [5.41, 5.74) is 2.13. The molecule has 6 heteroatoms. The first-order chi connectivity index (χ1) is 13.6. The van der Waals surface area contributed by atoms with Crippen molar-refractivity contribution in [1.29, 1.82) is 0 Å². The second-order valence-electron chi connectivity index (χ2n) is 6.30. The van der Waals surface area contributed by atoms with Gasteiger partial charge in [0, 0.05) is 12.2 Å². The highest BCUT2D eigenvalue weighted by Gasteiger charge is 2.21. The summed E-state index contributed by atoms with van der Waals surface area (Å²) in [5.74, 6) is -0.549. The summed E-state index contributed by atoms with van der Waals surface area (Å²) in [6, 6.07) is 16.5. The molecule has 144 valence electrons. The predicted octanol–water partition coefficient (Wildman–Crippen LogP) is 3.94. The van der Waals surface area contributed by atoms with Gasteiger partial charge in [0.2, 0.25) is 5.91 Å². The van der Waals surface area contributed by atoms with Crippen LogP contribution < -0.4 is 10.2 Å². The second kappa shape index (κ2) is 8.99. The van der Waals surface area contributed by atoms with E-state index in [1.807, 2.05) is 6.92 Å². The fraction of sp³-hybridized carbons (Fsp3) is 0.182. The standard InChI is InChI=1S/C22H21FN2O3/c1-2-24-21(26)14-16-8-10-19(11-9-16)25(22(27)20-7-4-12-28-20)15-17-5-3-6-18(23)13-17/h3-13H,2,14-15H2,1H3,(H,24,26). The van der Waals surface area contributed by atoms with E-state index in [1.165, 1.54) is 23.3 Å². The van der Waals surface area contributed by atoms with E-state index in [9.17, 15) is 14.0 Å². The Morgan fingerprint density at radius 2 is 1.82 bits per heavy atom. The average Bonchev–Trinajstić information content (AvgIpc) is 3.21. The maximum Gasteiger partial charge on any atom is 0.294 e. The minimum absolute atomic E-state index is 0.0569. The zero-order valence-corrected chi connectivity index (χ0v) is 15.5. The third-order valence-electron chi connectivity index (χ3n) is 4.19. The maximum absolute atomic E-state index is 13.6. The number of carbonyl (C=O) groups is 2. The van der Waals surface area contributed by atoms with Crippen LogP contribution >= 0.6 is 0 Å². The van der Waals surface area contributed by atoms with Gasteiger partial charge >= 0.3 is 0 Å². The SMILES string of the molecule is CCNC(=O)Cc1ccc(N(Cc2cccc(F)c2)C(=O)c2ccco2)cc1. The van der Waals surface area contributed by atoms with Crippen molar-refractivity contribution in [3.63, 3.8) is 0 Å². The van der Waals surface area contributed by atoms with Crippen molar-refractivity contribution in [2.75, 3.05) is 11.4 Å². The smallest absolute Gasteiger partial charge is 0.294 e. The maximum atomic E-state index is 13.6. The van der Waals surface area contributed by atoms with Crippen molar-refractivity contribution in [1.82, 2.24) is 5.32 Å². The van der Waals surface area contributed by atoms with Crippen LogP contribution in [0.15, 0.2) is 71.3 Å². The molecule has 0 radical (unpaired) electrons. The quantitative estimate of drug-likeness (QED) is 0.675. The van der Waals surface area contributed by atoms with Crippen LogP contribution in [-0.2, 0) is 17.8 Å². The highest BCUT2D eigenvalue weighted by atomic mass is 19.1. The van der Waals surface area contributed by atoms with Gasteiger partial charge in [0.1, 0.15) is 5.82 Å². The summed E-state index contributed by atoms with van der Waals surface area (Å²) >= 11 is 0. The molecule has 0 fully saturated rings. The van der Waals surface area contributed by atoms with Gasteiger partial charge in [0.25, 0.3) is 5.91 Å². The van der Waals surface area contributed by atoms with Gasteiger partial charge < -0.3 is 14.6 Å². The third-order valence-corrected chi connectivity index (χ3v) is 4.19. The molecule has 5 nitrogen and oxygen atoms in total. The molecule has 0 saturated heterocycles. The lowest BCUT2D eigenvalue weighted by Crippen LogP contribution is -2.30. The molecule has 0 aliphatic heterocycles. The summed E-state index contributed by atoms with van der Waals surface area (Å²) < 4.78 is 18.8. The van der Waals surface area contributed by atoms with Crippen LogP contribution in [0, 0.1) is 5.82 Å². The number of nitrogens with zero attached hydrogens (tertiary/aromatic N) is 1. The number of rotatable bonds is 7. The molecule has 0 atom stereocenters. The Balaban J connectivity index is 1.85. The number of furan rings is 1. The Kier molecular flexibility index (Phi) is 6.22. The summed E-state index contributed by atoms with van der Waals surface area (Å²) in [7, 11) is 0. The normalized spacial score (nSPS) is 10.5.